The second-order valence-corrected chi connectivity index (χ2v) is 11.9. The number of allylic oxidation sites excluding steroid dienone is 9. The molecule has 0 aromatic carbocycles. The summed E-state index contributed by atoms with van der Waals surface area (Å²) in [4.78, 5) is 47.3. The van der Waals surface area contributed by atoms with E-state index < -0.39 is 54.6 Å². The van der Waals surface area contributed by atoms with Crippen LogP contribution >= 0.6 is 0 Å². The summed E-state index contributed by atoms with van der Waals surface area (Å²) in [6, 6.07) is 0. The largest absolute Gasteiger partial charge is 0.463 e. The van der Waals surface area contributed by atoms with Gasteiger partial charge in [0.2, 0.25) is 0 Å². The zero-order valence-corrected chi connectivity index (χ0v) is 27.5. The van der Waals surface area contributed by atoms with Gasteiger partial charge in [0.15, 0.2) is 24.6 Å². The van der Waals surface area contributed by atoms with Crippen molar-refractivity contribution in [3.63, 3.8) is 0 Å². The molecule has 0 radical (unpaired) electrons. The van der Waals surface area contributed by atoms with Crippen LogP contribution in [0.4, 0.5) is 0 Å². The summed E-state index contributed by atoms with van der Waals surface area (Å²) in [6.07, 6.45) is 9.62. The van der Waals surface area contributed by atoms with Crippen LogP contribution in [0.1, 0.15) is 81.6 Å². The summed E-state index contributed by atoms with van der Waals surface area (Å²) in [6.45, 7) is 15.2. The van der Waals surface area contributed by atoms with Crippen molar-refractivity contribution < 1.29 is 47.6 Å². The molecule has 10 heteroatoms. The first-order valence-electron chi connectivity index (χ1n) is 14.9. The van der Waals surface area contributed by atoms with Crippen LogP contribution in [-0.2, 0) is 47.6 Å². The maximum atomic E-state index is 12.0. The fraction of sp³-hybridized carbons (Fsp3) is 0.588. The van der Waals surface area contributed by atoms with Gasteiger partial charge in [0.05, 0.1) is 6.61 Å². The lowest BCUT2D eigenvalue weighted by atomic mass is 9.72. The van der Waals surface area contributed by atoms with Crippen LogP contribution in [-0.4, -0.2) is 67.8 Å². The molecule has 1 fully saturated rings. The van der Waals surface area contributed by atoms with Crippen molar-refractivity contribution in [3.8, 4) is 0 Å². The lowest BCUT2D eigenvalue weighted by Gasteiger charge is -2.43. The highest BCUT2D eigenvalue weighted by atomic mass is 16.7. The quantitative estimate of drug-likeness (QED) is 0.155. The van der Waals surface area contributed by atoms with Gasteiger partial charge < -0.3 is 28.4 Å². The molecule has 244 valence electrons. The molecular weight excluding hydrogens is 568 g/mol. The van der Waals surface area contributed by atoms with Crippen LogP contribution < -0.4 is 0 Å². The van der Waals surface area contributed by atoms with Crippen LogP contribution in [0.3, 0.4) is 0 Å². The van der Waals surface area contributed by atoms with Crippen molar-refractivity contribution in [2.75, 3.05) is 13.2 Å². The molecule has 0 aromatic heterocycles. The Bertz CT molecular complexity index is 1200. The molecule has 44 heavy (non-hydrogen) atoms. The highest BCUT2D eigenvalue weighted by molar-refractivity contribution is 5.68. The molecule has 2 rings (SSSR count). The number of carbonyl (C=O) groups is 4. The van der Waals surface area contributed by atoms with Crippen LogP contribution in [0, 0.1) is 5.41 Å². The number of esters is 4. The van der Waals surface area contributed by atoms with E-state index in [1.807, 2.05) is 31.2 Å². The van der Waals surface area contributed by atoms with E-state index in [4.69, 9.17) is 28.4 Å². The minimum absolute atomic E-state index is 0.0506. The Hall–Kier alpha value is -3.50. The fourth-order valence-corrected chi connectivity index (χ4v) is 5.30. The molecule has 0 spiro atoms. The van der Waals surface area contributed by atoms with Crippen molar-refractivity contribution in [1.82, 2.24) is 0 Å². The summed E-state index contributed by atoms with van der Waals surface area (Å²) in [5.41, 5.74) is 5.07. The van der Waals surface area contributed by atoms with E-state index in [1.54, 1.807) is 0 Å². The molecule has 1 aliphatic heterocycles. The van der Waals surface area contributed by atoms with E-state index in [9.17, 15) is 19.2 Å². The Labute approximate surface area is 261 Å². The number of hydrogen-bond acceptors (Lipinski definition) is 10. The van der Waals surface area contributed by atoms with Gasteiger partial charge in [0.1, 0.15) is 12.7 Å². The number of rotatable bonds is 12. The predicted octanol–water partition coefficient (Wildman–Crippen LogP) is 5.62. The molecule has 0 aromatic rings. The van der Waals surface area contributed by atoms with Crippen molar-refractivity contribution >= 4 is 23.9 Å². The second-order valence-electron chi connectivity index (χ2n) is 11.9. The number of hydrogen-bond donors (Lipinski definition) is 0. The topological polar surface area (TPSA) is 124 Å². The monoisotopic (exact) mass is 616 g/mol. The Morgan fingerprint density at radius 3 is 2.05 bits per heavy atom. The molecule has 2 aliphatic rings. The summed E-state index contributed by atoms with van der Waals surface area (Å²) < 4.78 is 33.2. The number of carbonyl (C=O) groups excluding carboxylic acids is 4. The zero-order chi connectivity index (χ0) is 33.0. The average molecular weight is 617 g/mol. The van der Waals surface area contributed by atoms with E-state index >= 15 is 0 Å². The molecule has 0 N–H and O–H groups in total. The van der Waals surface area contributed by atoms with E-state index in [2.05, 4.69) is 39.8 Å². The molecule has 0 saturated carbocycles. The smallest absolute Gasteiger partial charge is 0.303 e. The molecular formula is C34H48O10. The van der Waals surface area contributed by atoms with Crippen LogP contribution in [0.15, 0.2) is 58.7 Å². The van der Waals surface area contributed by atoms with E-state index in [0.29, 0.717) is 0 Å². The first kappa shape index (κ1) is 36.7. The van der Waals surface area contributed by atoms with E-state index in [0.717, 1.165) is 17.6 Å². The lowest BCUT2D eigenvalue weighted by Crippen LogP contribution is -2.62. The first-order valence-corrected chi connectivity index (χ1v) is 14.9. The van der Waals surface area contributed by atoms with Gasteiger partial charge in [-0.2, -0.15) is 0 Å². The van der Waals surface area contributed by atoms with Gasteiger partial charge in [-0.05, 0) is 51.0 Å². The van der Waals surface area contributed by atoms with Crippen LogP contribution in [0.25, 0.3) is 0 Å². The molecule has 0 bridgehead atoms. The summed E-state index contributed by atoms with van der Waals surface area (Å²) >= 11 is 0. The summed E-state index contributed by atoms with van der Waals surface area (Å²) in [5, 5.41) is 0. The van der Waals surface area contributed by atoms with Crippen molar-refractivity contribution in [3.05, 3.63) is 58.7 Å². The minimum atomic E-state index is -1.27. The average Bonchev–Trinajstić information content (AvgIpc) is 2.89. The van der Waals surface area contributed by atoms with E-state index in [-0.39, 0.29) is 18.6 Å². The maximum absolute atomic E-state index is 12.0. The van der Waals surface area contributed by atoms with Gasteiger partial charge in [-0.25, -0.2) is 0 Å². The fourth-order valence-electron chi connectivity index (χ4n) is 5.30. The Morgan fingerprint density at radius 2 is 1.45 bits per heavy atom. The van der Waals surface area contributed by atoms with Crippen molar-refractivity contribution in [2.24, 2.45) is 5.41 Å². The Kier molecular flexibility index (Phi) is 14.3. The first-order chi connectivity index (χ1) is 20.6. The maximum Gasteiger partial charge on any atom is 0.303 e. The van der Waals surface area contributed by atoms with Crippen LogP contribution in [0.5, 0.6) is 0 Å². The lowest BCUT2D eigenvalue weighted by molar-refractivity contribution is -0.306. The van der Waals surface area contributed by atoms with E-state index in [1.165, 1.54) is 51.7 Å². The molecule has 1 heterocycles. The molecule has 0 unspecified atom stereocenters. The SMILES string of the molecule is CC(=O)OC[C@H]1O[C@@H](OCC=C(C)C=CC=C(C)C=CC2=C(C)CCCC2(C)C)[C@H](OC(C)=O)[C@@H](OC(C)=O)[C@@H]1OC(C)=O. The van der Waals surface area contributed by atoms with Gasteiger partial charge in [0, 0.05) is 27.7 Å². The third kappa shape index (κ3) is 11.9. The van der Waals surface area contributed by atoms with Gasteiger partial charge in [-0.1, -0.05) is 67.0 Å². The normalized spacial score (nSPS) is 26.1. The second kappa shape index (κ2) is 17.1. The third-order valence-electron chi connectivity index (χ3n) is 7.39. The summed E-state index contributed by atoms with van der Waals surface area (Å²) in [5.74, 6) is -2.67. The Balaban J connectivity index is 2.17. The highest BCUT2D eigenvalue weighted by Gasteiger charge is 2.52. The van der Waals surface area contributed by atoms with Crippen molar-refractivity contribution in [1.29, 1.82) is 0 Å². The molecule has 5 atom stereocenters. The van der Waals surface area contributed by atoms with Gasteiger partial charge >= 0.3 is 23.9 Å². The highest BCUT2D eigenvalue weighted by Crippen LogP contribution is 2.40. The van der Waals surface area contributed by atoms with Crippen LogP contribution in [0.2, 0.25) is 0 Å². The molecule has 1 aliphatic carbocycles. The molecule has 0 amide bonds. The molecule has 1 saturated heterocycles. The molecule has 10 nitrogen and oxygen atoms in total. The Morgan fingerprint density at radius 1 is 0.841 bits per heavy atom. The minimum Gasteiger partial charge on any atom is -0.463 e. The van der Waals surface area contributed by atoms with Crippen molar-refractivity contribution in [2.45, 2.75) is 112 Å². The standard InChI is InChI=1S/C34H48O10/c1-21(15-16-28-23(3)14-11-18-34(28,8)9)12-10-13-22(2)17-19-39-33-32(43-27(7)38)31(42-26(6)37)30(41-25(5)36)29(44-33)20-40-24(4)35/h10,12-13,15-17,29-33H,11,14,18-20H2,1-9H3/t29-,30-,31+,32-,33-/m1/s1. The third-order valence-corrected chi connectivity index (χ3v) is 7.39. The number of ether oxygens (including phenoxy) is 6. The summed E-state index contributed by atoms with van der Waals surface area (Å²) in [7, 11) is 0. The van der Waals surface area contributed by atoms with Gasteiger partial charge in [-0.3, -0.25) is 19.2 Å². The predicted molar refractivity (Wildman–Crippen MR) is 164 cm³/mol. The van der Waals surface area contributed by atoms with Gasteiger partial charge in [0.25, 0.3) is 0 Å². The van der Waals surface area contributed by atoms with Gasteiger partial charge in [-0.15, -0.1) is 0 Å². The zero-order valence-electron chi connectivity index (χ0n) is 27.5.